The van der Waals surface area contributed by atoms with Gasteiger partial charge in [-0.25, -0.2) is 0 Å². The van der Waals surface area contributed by atoms with Crippen molar-refractivity contribution in [1.82, 2.24) is 14.7 Å². The summed E-state index contributed by atoms with van der Waals surface area (Å²) in [5.41, 5.74) is 9.43. The Morgan fingerprint density at radius 1 is 1.48 bits per heavy atom. The van der Waals surface area contributed by atoms with E-state index in [2.05, 4.69) is 17.2 Å². The lowest BCUT2D eigenvalue weighted by Gasteiger charge is -2.26. The summed E-state index contributed by atoms with van der Waals surface area (Å²) in [5.74, 6) is -0.0615. The Morgan fingerprint density at radius 3 is 3.00 bits per heavy atom. The highest BCUT2D eigenvalue weighted by Gasteiger charge is 2.30. The van der Waals surface area contributed by atoms with E-state index in [4.69, 9.17) is 5.73 Å². The van der Waals surface area contributed by atoms with Crippen LogP contribution < -0.4 is 5.73 Å². The van der Waals surface area contributed by atoms with Crippen molar-refractivity contribution in [3.63, 3.8) is 0 Å². The molecule has 2 N–H and O–H groups in total. The highest BCUT2D eigenvalue weighted by Crippen LogP contribution is 2.35. The number of nitrogen functional groups attached to an aromatic ring is 1. The molecule has 2 aromatic rings. The second-order valence-electron chi connectivity index (χ2n) is 5.43. The van der Waals surface area contributed by atoms with E-state index in [1.165, 1.54) is 11.1 Å². The molecule has 0 saturated heterocycles. The van der Waals surface area contributed by atoms with Crippen molar-refractivity contribution in [3.05, 3.63) is 47.3 Å². The molecule has 1 heterocycles. The van der Waals surface area contributed by atoms with Crippen molar-refractivity contribution >= 4 is 11.6 Å². The van der Waals surface area contributed by atoms with E-state index in [1.54, 1.807) is 15.8 Å². The van der Waals surface area contributed by atoms with Crippen LogP contribution in [0.3, 0.4) is 0 Å². The predicted octanol–water partition coefficient (Wildman–Crippen LogP) is 2.24. The molecule has 0 fully saturated rings. The van der Waals surface area contributed by atoms with E-state index in [9.17, 15) is 4.79 Å². The third kappa shape index (κ3) is 2.18. The monoisotopic (exact) mass is 284 g/mol. The number of hydrogen-bond donors (Lipinski definition) is 1. The summed E-state index contributed by atoms with van der Waals surface area (Å²) in [6.07, 6.45) is 3.52. The second-order valence-corrected chi connectivity index (χ2v) is 5.43. The van der Waals surface area contributed by atoms with Crippen LogP contribution in [0.5, 0.6) is 0 Å². The summed E-state index contributed by atoms with van der Waals surface area (Å²) in [6.45, 7) is 2.58. The zero-order chi connectivity index (χ0) is 15.0. The average molecular weight is 284 g/mol. The third-order valence-corrected chi connectivity index (χ3v) is 4.26. The van der Waals surface area contributed by atoms with E-state index in [0.29, 0.717) is 17.9 Å². The number of amides is 1. The smallest absolute Gasteiger partial charge is 0.274 e. The van der Waals surface area contributed by atoms with Crippen LogP contribution in [0, 0.1) is 0 Å². The van der Waals surface area contributed by atoms with Gasteiger partial charge in [0, 0.05) is 13.6 Å². The van der Waals surface area contributed by atoms with Crippen LogP contribution in [0.1, 0.15) is 41.0 Å². The molecule has 3 rings (SSSR count). The third-order valence-electron chi connectivity index (χ3n) is 4.26. The van der Waals surface area contributed by atoms with Crippen LogP contribution in [-0.2, 0) is 13.0 Å². The van der Waals surface area contributed by atoms with Gasteiger partial charge in [-0.2, -0.15) is 5.10 Å². The first-order chi connectivity index (χ1) is 10.1. The number of aryl methyl sites for hydroxylation is 2. The van der Waals surface area contributed by atoms with Gasteiger partial charge in [0.2, 0.25) is 0 Å². The Kier molecular flexibility index (Phi) is 3.41. The van der Waals surface area contributed by atoms with Crippen LogP contribution in [0.2, 0.25) is 0 Å². The molecule has 0 bridgehead atoms. The number of nitrogens with zero attached hydrogens (tertiary/aromatic N) is 3. The first-order valence-electron chi connectivity index (χ1n) is 7.29. The highest BCUT2D eigenvalue weighted by atomic mass is 16.2. The van der Waals surface area contributed by atoms with Crippen molar-refractivity contribution in [2.75, 3.05) is 12.8 Å². The lowest BCUT2D eigenvalue weighted by molar-refractivity contribution is 0.0719. The van der Waals surface area contributed by atoms with E-state index in [0.717, 1.165) is 12.8 Å². The van der Waals surface area contributed by atoms with Crippen LogP contribution in [0.4, 0.5) is 5.69 Å². The average Bonchev–Trinajstić information content (AvgIpc) is 3.09. The van der Waals surface area contributed by atoms with Crippen molar-refractivity contribution in [3.8, 4) is 0 Å². The number of fused-ring (bicyclic) bond motifs is 1. The summed E-state index contributed by atoms with van der Waals surface area (Å²) < 4.78 is 1.66. The normalized spacial score (nSPS) is 16.8. The molecule has 1 amide bonds. The van der Waals surface area contributed by atoms with Crippen LogP contribution in [0.15, 0.2) is 30.5 Å². The molecule has 0 radical (unpaired) electrons. The zero-order valence-electron chi connectivity index (χ0n) is 12.4. The van der Waals surface area contributed by atoms with E-state index in [1.807, 2.05) is 26.1 Å². The van der Waals surface area contributed by atoms with Gasteiger partial charge in [0.25, 0.3) is 5.91 Å². The van der Waals surface area contributed by atoms with Gasteiger partial charge in [-0.15, -0.1) is 0 Å². The molecule has 0 aliphatic heterocycles. The van der Waals surface area contributed by atoms with Crippen LogP contribution in [-0.4, -0.2) is 27.6 Å². The maximum atomic E-state index is 12.8. The fraction of sp³-hybridized carbons (Fsp3) is 0.375. The summed E-state index contributed by atoms with van der Waals surface area (Å²) in [7, 11) is 1.85. The first kappa shape index (κ1) is 13.7. The van der Waals surface area contributed by atoms with Gasteiger partial charge in [-0.3, -0.25) is 9.48 Å². The SMILES string of the molecule is CCn1ncc(N)c1C(=O)N(C)C1CCc2ccccc21. The highest BCUT2D eigenvalue weighted by molar-refractivity contribution is 5.97. The Balaban J connectivity index is 1.91. The molecule has 5 nitrogen and oxygen atoms in total. The molecule has 5 heteroatoms. The quantitative estimate of drug-likeness (QED) is 0.940. The maximum Gasteiger partial charge on any atom is 0.274 e. The number of benzene rings is 1. The minimum absolute atomic E-state index is 0.0615. The molecule has 1 aliphatic carbocycles. The fourth-order valence-electron chi connectivity index (χ4n) is 3.12. The Bertz CT molecular complexity index is 677. The summed E-state index contributed by atoms with van der Waals surface area (Å²) in [6, 6.07) is 8.44. The van der Waals surface area contributed by atoms with Gasteiger partial charge in [0.1, 0.15) is 5.69 Å². The molecule has 1 aromatic heterocycles. The molecule has 110 valence electrons. The van der Waals surface area contributed by atoms with Gasteiger partial charge in [0.15, 0.2) is 0 Å². The molecular formula is C16H20N4O. The maximum absolute atomic E-state index is 12.8. The lowest BCUT2D eigenvalue weighted by Crippen LogP contribution is -2.32. The van der Waals surface area contributed by atoms with Gasteiger partial charge >= 0.3 is 0 Å². The second kappa shape index (κ2) is 5.24. The fourth-order valence-corrected chi connectivity index (χ4v) is 3.12. The van der Waals surface area contributed by atoms with Crippen molar-refractivity contribution in [2.24, 2.45) is 0 Å². The molecule has 1 aromatic carbocycles. The largest absolute Gasteiger partial charge is 0.396 e. The Morgan fingerprint density at radius 2 is 2.24 bits per heavy atom. The summed E-state index contributed by atoms with van der Waals surface area (Å²) in [5, 5.41) is 4.15. The zero-order valence-corrected chi connectivity index (χ0v) is 12.4. The lowest BCUT2D eigenvalue weighted by atomic mass is 10.1. The molecule has 1 unspecified atom stereocenters. The number of anilines is 1. The number of hydrogen-bond acceptors (Lipinski definition) is 3. The molecule has 0 spiro atoms. The number of carbonyl (C=O) groups excluding carboxylic acids is 1. The van der Waals surface area contributed by atoms with Crippen molar-refractivity contribution < 1.29 is 4.79 Å². The van der Waals surface area contributed by atoms with Gasteiger partial charge in [-0.1, -0.05) is 24.3 Å². The first-order valence-corrected chi connectivity index (χ1v) is 7.29. The summed E-state index contributed by atoms with van der Waals surface area (Å²) >= 11 is 0. The number of carbonyl (C=O) groups is 1. The number of nitrogens with two attached hydrogens (primary N) is 1. The Hall–Kier alpha value is -2.30. The van der Waals surface area contributed by atoms with Gasteiger partial charge in [0.05, 0.1) is 17.9 Å². The minimum atomic E-state index is -0.0615. The van der Waals surface area contributed by atoms with Crippen LogP contribution >= 0.6 is 0 Å². The molecule has 0 saturated carbocycles. The topological polar surface area (TPSA) is 64.2 Å². The van der Waals surface area contributed by atoms with Crippen molar-refractivity contribution in [1.29, 1.82) is 0 Å². The van der Waals surface area contributed by atoms with E-state index < -0.39 is 0 Å². The van der Waals surface area contributed by atoms with Crippen LogP contribution in [0.25, 0.3) is 0 Å². The number of rotatable bonds is 3. The standard InChI is InChI=1S/C16H20N4O/c1-3-20-15(13(17)10-18-20)16(21)19(2)14-9-8-11-6-4-5-7-12(11)14/h4-7,10,14H,3,8-9,17H2,1-2H3. The molecule has 1 atom stereocenters. The molecule has 1 aliphatic rings. The molecular weight excluding hydrogens is 264 g/mol. The van der Waals surface area contributed by atoms with E-state index in [-0.39, 0.29) is 11.9 Å². The van der Waals surface area contributed by atoms with E-state index >= 15 is 0 Å². The molecule has 21 heavy (non-hydrogen) atoms. The van der Waals surface area contributed by atoms with Crippen molar-refractivity contribution in [2.45, 2.75) is 32.4 Å². The predicted molar refractivity (Wildman–Crippen MR) is 81.9 cm³/mol. The van der Waals surface area contributed by atoms with Gasteiger partial charge < -0.3 is 10.6 Å². The Labute approximate surface area is 124 Å². The summed E-state index contributed by atoms with van der Waals surface area (Å²) in [4.78, 5) is 14.6. The van der Waals surface area contributed by atoms with Gasteiger partial charge in [-0.05, 0) is 30.9 Å². The number of aromatic nitrogens is 2. The minimum Gasteiger partial charge on any atom is -0.396 e.